The molecule has 0 spiro atoms. The molecule has 0 N–H and O–H groups in total. The fourth-order valence-electron chi connectivity index (χ4n) is 8.64. The summed E-state index contributed by atoms with van der Waals surface area (Å²) in [5, 5.41) is 0. The van der Waals surface area contributed by atoms with Crippen LogP contribution in [0.25, 0.3) is 0 Å². The summed E-state index contributed by atoms with van der Waals surface area (Å²) in [7, 11) is 0. The average Bonchev–Trinajstić information content (AvgIpc) is 3.37. The average molecular weight is 992 g/mol. The smallest absolute Gasteiger partial charge is 0.306 e. The van der Waals surface area contributed by atoms with Crippen molar-refractivity contribution < 1.29 is 28.6 Å². The van der Waals surface area contributed by atoms with Crippen molar-refractivity contribution in [2.75, 3.05) is 13.2 Å². The van der Waals surface area contributed by atoms with Gasteiger partial charge in [-0.1, -0.05) is 267 Å². The zero-order chi connectivity index (χ0) is 51.4. The molecule has 0 aliphatic rings. The molecule has 410 valence electrons. The molecule has 71 heavy (non-hydrogen) atoms. The highest BCUT2D eigenvalue weighted by molar-refractivity contribution is 5.71. The number of rotatable bonds is 55. The van der Waals surface area contributed by atoms with Crippen molar-refractivity contribution in [2.45, 2.75) is 309 Å². The molecule has 0 aromatic heterocycles. The minimum Gasteiger partial charge on any atom is -0.462 e. The Labute approximate surface area is 440 Å². The van der Waals surface area contributed by atoms with Gasteiger partial charge in [-0.25, -0.2) is 0 Å². The minimum atomic E-state index is -0.779. The molecule has 0 aliphatic heterocycles. The summed E-state index contributed by atoms with van der Waals surface area (Å²) >= 11 is 0. The quantitative estimate of drug-likeness (QED) is 0.0261. The predicted octanol–water partition coefficient (Wildman–Crippen LogP) is 20.5. The third-order valence-electron chi connectivity index (χ3n) is 13.2. The van der Waals surface area contributed by atoms with E-state index in [1.165, 1.54) is 154 Å². The first-order valence-electron chi connectivity index (χ1n) is 30.4. The van der Waals surface area contributed by atoms with Gasteiger partial charge in [0.15, 0.2) is 6.10 Å². The maximum atomic E-state index is 12.8. The third kappa shape index (κ3) is 57.6. The van der Waals surface area contributed by atoms with Crippen molar-refractivity contribution in [2.24, 2.45) is 0 Å². The van der Waals surface area contributed by atoms with Crippen molar-refractivity contribution in [3.8, 4) is 0 Å². The van der Waals surface area contributed by atoms with Gasteiger partial charge in [0.2, 0.25) is 0 Å². The molecule has 1 unspecified atom stereocenters. The second-order valence-electron chi connectivity index (χ2n) is 20.2. The van der Waals surface area contributed by atoms with Gasteiger partial charge in [0.05, 0.1) is 0 Å². The van der Waals surface area contributed by atoms with Crippen molar-refractivity contribution in [1.29, 1.82) is 0 Å². The van der Waals surface area contributed by atoms with Crippen LogP contribution in [0.4, 0.5) is 0 Å². The standard InChI is InChI=1S/C65H114O6/c1-4-7-10-13-15-17-19-21-23-25-27-28-29-30-31-32-33-34-35-36-38-39-41-43-45-47-49-52-55-58-64(67)70-61-62(60-69-63(66)57-54-51-12-9-6-3)71-65(68)59-56-53-50-48-46-44-42-40-37-26-24-22-20-18-16-14-11-8-5-2/h8,11,16,18-19,21-22,24-25,27,37,40,62H,4-7,9-10,12-15,17,20,23,26,28-36,38-39,41-61H2,1-3H3/b11-8-,18-16-,21-19-,24-22-,27-25-,40-37-. The normalized spacial score (nSPS) is 12.5. The van der Waals surface area contributed by atoms with Crippen molar-refractivity contribution in [3.63, 3.8) is 0 Å². The molecule has 0 aliphatic carbocycles. The highest BCUT2D eigenvalue weighted by Gasteiger charge is 2.19. The third-order valence-corrected chi connectivity index (χ3v) is 13.2. The minimum absolute atomic E-state index is 0.0794. The lowest BCUT2D eigenvalue weighted by molar-refractivity contribution is -0.167. The van der Waals surface area contributed by atoms with Crippen LogP contribution in [0.3, 0.4) is 0 Å². The molecule has 0 saturated heterocycles. The summed E-state index contributed by atoms with van der Waals surface area (Å²) in [6.07, 6.45) is 76.7. The second-order valence-corrected chi connectivity index (χ2v) is 20.2. The van der Waals surface area contributed by atoms with Crippen molar-refractivity contribution in [1.82, 2.24) is 0 Å². The van der Waals surface area contributed by atoms with Crippen molar-refractivity contribution in [3.05, 3.63) is 72.9 Å². The summed E-state index contributed by atoms with van der Waals surface area (Å²) in [5.74, 6) is -0.899. The van der Waals surface area contributed by atoms with Crippen LogP contribution >= 0.6 is 0 Å². The summed E-state index contributed by atoms with van der Waals surface area (Å²) in [6, 6.07) is 0. The van der Waals surface area contributed by atoms with Crippen LogP contribution in [-0.4, -0.2) is 37.2 Å². The predicted molar refractivity (Wildman–Crippen MR) is 307 cm³/mol. The SMILES string of the molecule is CC/C=C\C/C=C\C/C=C\C/C=C\CCCCCCCCC(=O)OC(COC(=O)CCCCCCC)COC(=O)CCCCCCCCCCCCCCCCCCC/C=C\C/C=C\CCCCCCC. The Morgan fingerprint density at radius 2 is 0.549 bits per heavy atom. The lowest BCUT2D eigenvalue weighted by atomic mass is 10.0. The number of hydrogen-bond donors (Lipinski definition) is 0. The number of carbonyl (C=O) groups is 3. The summed E-state index contributed by atoms with van der Waals surface area (Å²) in [4.78, 5) is 37.8. The number of unbranched alkanes of at least 4 members (excludes halogenated alkanes) is 32. The van der Waals surface area contributed by atoms with E-state index in [-0.39, 0.29) is 31.1 Å². The molecule has 0 aromatic carbocycles. The molecule has 0 saturated carbocycles. The van der Waals surface area contributed by atoms with Gasteiger partial charge in [0.25, 0.3) is 0 Å². The number of esters is 3. The Balaban J connectivity index is 4.02. The van der Waals surface area contributed by atoms with E-state index in [0.29, 0.717) is 19.3 Å². The lowest BCUT2D eigenvalue weighted by Gasteiger charge is -2.18. The Morgan fingerprint density at radius 1 is 0.296 bits per heavy atom. The van der Waals surface area contributed by atoms with Gasteiger partial charge < -0.3 is 14.2 Å². The first-order chi connectivity index (χ1) is 35.0. The van der Waals surface area contributed by atoms with Gasteiger partial charge in [-0.15, -0.1) is 0 Å². The van der Waals surface area contributed by atoms with Crippen LogP contribution in [0.2, 0.25) is 0 Å². The van der Waals surface area contributed by atoms with Crippen LogP contribution in [0.5, 0.6) is 0 Å². The van der Waals surface area contributed by atoms with Gasteiger partial charge in [-0.05, 0) is 89.9 Å². The molecule has 1 atom stereocenters. The largest absolute Gasteiger partial charge is 0.462 e. The first-order valence-corrected chi connectivity index (χ1v) is 30.4. The number of hydrogen-bond acceptors (Lipinski definition) is 6. The fraction of sp³-hybridized carbons (Fsp3) is 0.769. The van der Waals surface area contributed by atoms with E-state index >= 15 is 0 Å². The van der Waals surface area contributed by atoms with E-state index in [1.807, 2.05) is 0 Å². The van der Waals surface area contributed by atoms with Crippen molar-refractivity contribution >= 4 is 17.9 Å². The lowest BCUT2D eigenvalue weighted by Crippen LogP contribution is -2.30. The topological polar surface area (TPSA) is 78.9 Å². The van der Waals surface area contributed by atoms with Crippen LogP contribution in [0, 0.1) is 0 Å². The van der Waals surface area contributed by atoms with E-state index in [0.717, 1.165) is 109 Å². The van der Waals surface area contributed by atoms with Gasteiger partial charge in [-0.2, -0.15) is 0 Å². The first kappa shape index (κ1) is 67.8. The number of carbonyl (C=O) groups excluding carboxylic acids is 3. The molecular weight excluding hydrogens is 877 g/mol. The van der Waals surface area contributed by atoms with E-state index in [1.54, 1.807) is 0 Å². The van der Waals surface area contributed by atoms with E-state index < -0.39 is 6.10 Å². The zero-order valence-electron chi connectivity index (χ0n) is 47.0. The van der Waals surface area contributed by atoms with Gasteiger partial charge in [-0.3, -0.25) is 14.4 Å². The zero-order valence-corrected chi connectivity index (χ0v) is 47.0. The van der Waals surface area contributed by atoms with E-state index in [2.05, 4.69) is 93.7 Å². The monoisotopic (exact) mass is 991 g/mol. The van der Waals surface area contributed by atoms with Gasteiger partial charge >= 0.3 is 17.9 Å². The molecule has 6 nitrogen and oxygen atoms in total. The number of ether oxygens (including phenoxy) is 3. The highest BCUT2D eigenvalue weighted by atomic mass is 16.6. The Morgan fingerprint density at radius 3 is 0.859 bits per heavy atom. The van der Waals surface area contributed by atoms with Crippen LogP contribution in [0.15, 0.2) is 72.9 Å². The molecule has 0 amide bonds. The Kier molecular flexibility index (Phi) is 56.8. The molecule has 0 heterocycles. The maximum absolute atomic E-state index is 12.8. The van der Waals surface area contributed by atoms with Crippen LogP contribution in [-0.2, 0) is 28.6 Å². The molecule has 0 radical (unpaired) electrons. The molecule has 0 fully saturated rings. The molecule has 0 aromatic rings. The summed E-state index contributed by atoms with van der Waals surface area (Å²) < 4.78 is 16.7. The Bertz CT molecular complexity index is 1320. The van der Waals surface area contributed by atoms with Crippen LogP contribution < -0.4 is 0 Å². The van der Waals surface area contributed by atoms with Gasteiger partial charge in [0.1, 0.15) is 13.2 Å². The van der Waals surface area contributed by atoms with Crippen LogP contribution in [0.1, 0.15) is 303 Å². The number of allylic oxidation sites excluding steroid dienone is 12. The van der Waals surface area contributed by atoms with Gasteiger partial charge in [0, 0.05) is 19.3 Å². The molecule has 0 rings (SSSR count). The summed E-state index contributed by atoms with van der Waals surface area (Å²) in [5.41, 5.74) is 0. The summed E-state index contributed by atoms with van der Waals surface area (Å²) in [6.45, 7) is 6.44. The van der Waals surface area contributed by atoms with E-state index in [9.17, 15) is 14.4 Å². The highest BCUT2D eigenvalue weighted by Crippen LogP contribution is 2.16. The molecular formula is C65H114O6. The maximum Gasteiger partial charge on any atom is 0.306 e. The Hall–Kier alpha value is -3.15. The van der Waals surface area contributed by atoms with E-state index in [4.69, 9.17) is 14.2 Å². The fourth-order valence-corrected chi connectivity index (χ4v) is 8.64. The molecule has 0 bridgehead atoms. The molecule has 6 heteroatoms. The second kappa shape index (κ2) is 59.4.